The van der Waals surface area contributed by atoms with Gasteiger partial charge in [0, 0.05) is 17.2 Å². The zero-order chi connectivity index (χ0) is 15.6. The number of hydrogen-bond acceptors (Lipinski definition) is 2. The van der Waals surface area contributed by atoms with Crippen molar-refractivity contribution in [2.75, 3.05) is 0 Å². The third-order valence-electron chi connectivity index (χ3n) is 2.82. The zero-order valence-corrected chi connectivity index (χ0v) is 11.5. The lowest BCUT2D eigenvalue weighted by Crippen LogP contribution is -2.06. The SMILES string of the molecule is CC(C)Oc1ccc(C=O)c(-c2cc(F)c(F)cc2F)c1. The molecule has 2 rings (SSSR count). The fourth-order valence-corrected chi connectivity index (χ4v) is 1.95. The van der Waals surface area contributed by atoms with E-state index in [4.69, 9.17) is 4.74 Å². The molecule has 0 amide bonds. The van der Waals surface area contributed by atoms with Gasteiger partial charge < -0.3 is 4.74 Å². The van der Waals surface area contributed by atoms with Gasteiger partial charge in [0.15, 0.2) is 17.9 Å². The molecule has 2 nitrogen and oxygen atoms in total. The maximum Gasteiger partial charge on any atom is 0.161 e. The third-order valence-corrected chi connectivity index (χ3v) is 2.82. The van der Waals surface area contributed by atoms with Crippen molar-refractivity contribution in [3.05, 3.63) is 53.3 Å². The molecule has 2 aromatic carbocycles. The molecule has 0 radical (unpaired) electrons. The molecule has 0 saturated heterocycles. The Bertz CT molecular complexity index is 681. The molecule has 0 fully saturated rings. The Balaban J connectivity index is 2.60. The van der Waals surface area contributed by atoms with Gasteiger partial charge in [-0.05, 0) is 43.7 Å². The van der Waals surface area contributed by atoms with Gasteiger partial charge >= 0.3 is 0 Å². The molecule has 5 heteroatoms. The minimum atomic E-state index is -1.28. The third kappa shape index (κ3) is 3.24. The molecule has 0 saturated carbocycles. The fraction of sp³-hybridized carbons (Fsp3) is 0.188. The second kappa shape index (κ2) is 5.99. The number of benzene rings is 2. The van der Waals surface area contributed by atoms with Crippen molar-refractivity contribution in [3.63, 3.8) is 0 Å². The Kier molecular flexibility index (Phi) is 4.31. The number of aldehydes is 1. The van der Waals surface area contributed by atoms with E-state index in [1.165, 1.54) is 12.1 Å². The van der Waals surface area contributed by atoms with E-state index in [1.54, 1.807) is 6.07 Å². The van der Waals surface area contributed by atoms with Crippen LogP contribution in [0.15, 0.2) is 30.3 Å². The first-order valence-electron chi connectivity index (χ1n) is 6.33. The Morgan fingerprint density at radius 2 is 1.62 bits per heavy atom. The number of halogens is 3. The number of hydrogen-bond donors (Lipinski definition) is 0. The normalized spacial score (nSPS) is 10.8. The minimum Gasteiger partial charge on any atom is -0.491 e. The van der Waals surface area contributed by atoms with Gasteiger partial charge in [-0.25, -0.2) is 13.2 Å². The number of rotatable bonds is 4. The lowest BCUT2D eigenvalue weighted by Gasteiger charge is -2.13. The van der Waals surface area contributed by atoms with Crippen LogP contribution in [0.1, 0.15) is 24.2 Å². The summed E-state index contributed by atoms with van der Waals surface area (Å²) in [4.78, 5) is 11.1. The van der Waals surface area contributed by atoms with Gasteiger partial charge in [-0.15, -0.1) is 0 Å². The van der Waals surface area contributed by atoms with Crippen LogP contribution in [0.2, 0.25) is 0 Å². The highest BCUT2D eigenvalue weighted by molar-refractivity contribution is 5.88. The monoisotopic (exact) mass is 294 g/mol. The highest BCUT2D eigenvalue weighted by atomic mass is 19.2. The molecule has 0 aliphatic carbocycles. The van der Waals surface area contributed by atoms with E-state index in [9.17, 15) is 18.0 Å². The van der Waals surface area contributed by atoms with Crippen LogP contribution >= 0.6 is 0 Å². The highest BCUT2D eigenvalue weighted by Gasteiger charge is 2.15. The van der Waals surface area contributed by atoms with Crippen molar-refractivity contribution < 1.29 is 22.7 Å². The lowest BCUT2D eigenvalue weighted by atomic mass is 9.99. The van der Waals surface area contributed by atoms with Crippen LogP contribution in [0.25, 0.3) is 11.1 Å². The highest BCUT2D eigenvalue weighted by Crippen LogP contribution is 2.31. The van der Waals surface area contributed by atoms with E-state index in [0.717, 1.165) is 6.07 Å². The maximum absolute atomic E-state index is 13.9. The minimum absolute atomic E-state index is 0.116. The Labute approximate surface area is 120 Å². The molecule has 0 aliphatic heterocycles. The molecule has 0 unspecified atom stereocenters. The predicted molar refractivity (Wildman–Crippen MR) is 72.9 cm³/mol. The molecule has 0 bridgehead atoms. The maximum atomic E-state index is 13.9. The number of carbonyl (C=O) groups is 1. The average molecular weight is 294 g/mol. The standard InChI is InChI=1S/C16H13F3O2/c1-9(2)21-11-4-3-10(8-20)12(5-11)13-6-15(18)16(19)7-14(13)17/h3-9H,1-2H3. The van der Waals surface area contributed by atoms with Crippen molar-refractivity contribution in [2.24, 2.45) is 0 Å². The second-order valence-corrected chi connectivity index (χ2v) is 4.78. The summed E-state index contributed by atoms with van der Waals surface area (Å²) in [5.74, 6) is -3.00. The van der Waals surface area contributed by atoms with E-state index in [-0.39, 0.29) is 22.8 Å². The first-order valence-corrected chi connectivity index (χ1v) is 6.33. The average Bonchev–Trinajstić information content (AvgIpc) is 2.42. The van der Waals surface area contributed by atoms with Crippen molar-refractivity contribution in [1.29, 1.82) is 0 Å². The molecule has 0 aromatic heterocycles. The summed E-state index contributed by atoms with van der Waals surface area (Å²) in [6.07, 6.45) is 0.407. The first-order chi connectivity index (χ1) is 9.92. The molecule has 0 N–H and O–H groups in total. The summed E-state index contributed by atoms with van der Waals surface area (Å²) in [6.45, 7) is 3.62. The summed E-state index contributed by atoms with van der Waals surface area (Å²) >= 11 is 0. The molecule has 0 spiro atoms. The smallest absolute Gasteiger partial charge is 0.161 e. The molecular weight excluding hydrogens is 281 g/mol. The van der Waals surface area contributed by atoms with Gasteiger partial charge in [0.25, 0.3) is 0 Å². The van der Waals surface area contributed by atoms with Crippen LogP contribution in [0.5, 0.6) is 5.75 Å². The Morgan fingerprint density at radius 3 is 2.24 bits per heavy atom. The van der Waals surface area contributed by atoms with Crippen LogP contribution in [0, 0.1) is 17.5 Å². The summed E-state index contributed by atoms with van der Waals surface area (Å²) in [5, 5.41) is 0. The van der Waals surface area contributed by atoms with Crippen molar-refractivity contribution in [1.82, 2.24) is 0 Å². The largest absolute Gasteiger partial charge is 0.491 e. The van der Waals surface area contributed by atoms with Crippen LogP contribution < -0.4 is 4.74 Å². The molecule has 21 heavy (non-hydrogen) atoms. The van der Waals surface area contributed by atoms with Crippen LogP contribution in [-0.4, -0.2) is 12.4 Å². The van der Waals surface area contributed by atoms with E-state index < -0.39 is 17.5 Å². The molecule has 0 aliphatic rings. The number of carbonyl (C=O) groups excluding carboxylic acids is 1. The molecular formula is C16H13F3O2. The van der Waals surface area contributed by atoms with Crippen molar-refractivity contribution >= 4 is 6.29 Å². The van der Waals surface area contributed by atoms with E-state index in [1.807, 2.05) is 13.8 Å². The van der Waals surface area contributed by atoms with E-state index >= 15 is 0 Å². The van der Waals surface area contributed by atoms with Gasteiger partial charge in [0.1, 0.15) is 11.6 Å². The molecule has 110 valence electrons. The van der Waals surface area contributed by atoms with Crippen LogP contribution in [-0.2, 0) is 0 Å². The Morgan fingerprint density at radius 1 is 0.952 bits per heavy atom. The summed E-state index contributed by atoms with van der Waals surface area (Å²) in [7, 11) is 0. The zero-order valence-electron chi connectivity index (χ0n) is 11.5. The van der Waals surface area contributed by atoms with E-state index in [0.29, 0.717) is 18.1 Å². The van der Waals surface area contributed by atoms with Crippen LogP contribution in [0.3, 0.4) is 0 Å². The van der Waals surface area contributed by atoms with Gasteiger partial charge in [0.05, 0.1) is 6.10 Å². The first kappa shape index (κ1) is 15.1. The van der Waals surface area contributed by atoms with Crippen molar-refractivity contribution in [2.45, 2.75) is 20.0 Å². The molecule has 0 heterocycles. The summed E-state index contributed by atoms with van der Waals surface area (Å²) in [5.41, 5.74) is 0.126. The summed E-state index contributed by atoms with van der Waals surface area (Å²) < 4.78 is 45.7. The quantitative estimate of drug-likeness (QED) is 0.618. The lowest BCUT2D eigenvalue weighted by molar-refractivity contribution is 0.112. The summed E-state index contributed by atoms with van der Waals surface area (Å²) in [6, 6.07) is 5.62. The van der Waals surface area contributed by atoms with Crippen molar-refractivity contribution in [3.8, 4) is 16.9 Å². The number of ether oxygens (including phenoxy) is 1. The van der Waals surface area contributed by atoms with Crippen LogP contribution in [0.4, 0.5) is 13.2 Å². The Hall–Kier alpha value is -2.30. The fourth-order valence-electron chi connectivity index (χ4n) is 1.95. The van der Waals surface area contributed by atoms with Gasteiger partial charge in [0.2, 0.25) is 0 Å². The topological polar surface area (TPSA) is 26.3 Å². The predicted octanol–water partition coefficient (Wildman–Crippen LogP) is 4.37. The molecule has 0 atom stereocenters. The van der Waals surface area contributed by atoms with Gasteiger partial charge in [-0.2, -0.15) is 0 Å². The molecule has 2 aromatic rings. The van der Waals surface area contributed by atoms with Gasteiger partial charge in [-0.1, -0.05) is 0 Å². The van der Waals surface area contributed by atoms with Gasteiger partial charge in [-0.3, -0.25) is 4.79 Å². The van der Waals surface area contributed by atoms with E-state index in [2.05, 4.69) is 0 Å². The second-order valence-electron chi connectivity index (χ2n) is 4.78.